The average Bonchev–Trinajstić information content (AvgIpc) is 1.43. The van der Waals surface area contributed by atoms with Crippen molar-refractivity contribution in [2.75, 3.05) is 0 Å². The number of fused-ring (bicyclic) bond motifs is 8. The summed E-state index contributed by atoms with van der Waals surface area (Å²) in [5, 5.41) is 20.8. The number of rotatable bonds is 7. The third-order valence-electron chi connectivity index (χ3n) is 19.7. The monoisotopic (exact) mass is 1310 g/mol. The van der Waals surface area contributed by atoms with Crippen LogP contribution in [0.15, 0.2) is 376 Å². The van der Waals surface area contributed by atoms with E-state index in [1.165, 1.54) is 185 Å². The largest absolute Gasteiger partial charge is 0.135 e. The Morgan fingerprint density at radius 1 is 0.158 bits per heavy atom. The molecule has 0 bridgehead atoms. The predicted octanol–water partition coefficient (Wildman–Crippen LogP) is 28.9. The van der Waals surface area contributed by atoms with Crippen LogP contribution in [0, 0.1) is 27.7 Å². The standard InChI is InChI=1S/C31H22.C27H20.C21H16S.C21H16/c1-21-17-19-23(20-18-21)30-26-12-4-6-14-28(26)31(29-15-7-5-13-27(29)30)25-16-8-10-22-9-2-3-11-24(22)25;1-19-15-17-21(18-16-19)27-24-13-7-5-11-22(24)26(20-9-3-2-4-10-20)23-12-6-8-14-25(23)27;1-15-7-8-18-14-19(10-9-17(18)13-15)21-12-11-20(22-21)16-5-3-2-4-6-16;1-15-6-7-19-14-21(11-10-18(19)12-15)20-9-8-16-4-2-3-5-17(16)13-20/h2-20H,1H3;2-18H,1H3;2-14H,1H3;2-14H,1H3. The lowest BCUT2D eigenvalue weighted by atomic mass is 9.84. The Kier molecular flexibility index (Phi) is 17.8. The van der Waals surface area contributed by atoms with E-state index in [0.717, 1.165) is 0 Å². The first-order valence-electron chi connectivity index (χ1n) is 34.9. The number of thiophene rings is 1. The highest BCUT2D eigenvalue weighted by atomic mass is 32.1. The fourth-order valence-electron chi connectivity index (χ4n) is 14.7. The van der Waals surface area contributed by atoms with Crippen LogP contribution in [0.1, 0.15) is 22.3 Å². The van der Waals surface area contributed by atoms with E-state index in [0.29, 0.717) is 0 Å². The molecule has 101 heavy (non-hydrogen) atoms. The molecule has 0 atom stereocenters. The first kappa shape index (κ1) is 63.5. The third-order valence-corrected chi connectivity index (χ3v) is 20.9. The molecule has 0 aliphatic rings. The maximum Gasteiger partial charge on any atom is 0.0349 e. The van der Waals surface area contributed by atoms with Gasteiger partial charge in [-0.25, -0.2) is 0 Å². The van der Waals surface area contributed by atoms with Gasteiger partial charge in [-0.3, -0.25) is 0 Å². The van der Waals surface area contributed by atoms with E-state index in [-0.39, 0.29) is 0 Å². The first-order valence-corrected chi connectivity index (χ1v) is 35.7. The highest BCUT2D eigenvalue weighted by Crippen LogP contribution is 2.47. The highest BCUT2D eigenvalue weighted by molar-refractivity contribution is 7.18. The molecule has 1 aromatic heterocycles. The summed E-state index contributed by atoms with van der Waals surface area (Å²) in [6.07, 6.45) is 0. The number of aryl methyl sites for hydroxylation is 4. The van der Waals surface area contributed by atoms with Crippen LogP contribution in [0.3, 0.4) is 0 Å². The van der Waals surface area contributed by atoms with Gasteiger partial charge in [-0.15, -0.1) is 11.3 Å². The second-order valence-corrected chi connectivity index (χ2v) is 27.6. The molecule has 19 rings (SSSR count). The van der Waals surface area contributed by atoms with Gasteiger partial charge in [0.15, 0.2) is 0 Å². The molecule has 19 aromatic rings. The third kappa shape index (κ3) is 13.1. The summed E-state index contributed by atoms with van der Waals surface area (Å²) in [6.45, 7) is 8.55. The smallest absolute Gasteiger partial charge is 0.0349 e. The molecule has 18 aromatic carbocycles. The maximum absolute atomic E-state index is 2.29. The molecule has 0 fully saturated rings. The molecule has 1 heteroatoms. The Morgan fingerprint density at radius 2 is 0.446 bits per heavy atom. The zero-order chi connectivity index (χ0) is 68.2. The van der Waals surface area contributed by atoms with Gasteiger partial charge in [0, 0.05) is 9.75 Å². The molecule has 0 saturated heterocycles. The first-order chi connectivity index (χ1) is 49.7. The van der Waals surface area contributed by atoms with Crippen LogP contribution in [0.25, 0.3) is 163 Å². The van der Waals surface area contributed by atoms with Crippen molar-refractivity contribution in [2.45, 2.75) is 27.7 Å². The van der Waals surface area contributed by atoms with Crippen LogP contribution in [0.2, 0.25) is 0 Å². The van der Waals surface area contributed by atoms with Crippen LogP contribution >= 0.6 is 11.3 Å². The lowest BCUT2D eigenvalue weighted by molar-refractivity contribution is 1.47. The molecule has 1 heterocycles. The fraction of sp³-hybridized carbons (Fsp3) is 0.0400. The predicted molar refractivity (Wildman–Crippen MR) is 441 cm³/mol. The van der Waals surface area contributed by atoms with Crippen LogP contribution in [0.5, 0.6) is 0 Å². The molecule has 0 spiro atoms. The van der Waals surface area contributed by atoms with E-state index in [2.05, 4.69) is 404 Å². The van der Waals surface area contributed by atoms with Crippen molar-refractivity contribution in [1.82, 2.24) is 0 Å². The molecule has 0 radical (unpaired) electrons. The minimum atomic E-state index is 1.26. The van der Waals surface area contributed by atoms with Crippen LogP contribution in [-0.2, 0) is 0 Å². The summed E-state index contributed by atoms with van der Waals surface area (Å²) < 4.78 is 0. The molecule has 0 aliphatic heterocycles. The topological polar surface area (TPSA) is 0 Å². The molecular formula is C100H74S. The minimum Gasteiger partial charge on any atom is -0.135 e. The SMILES string of the molecule is Cc1ccc(-c2c3ccccc3c(-c3cccc4ccccc34)c3ccccc23)cc1.Cc1ccc(-c2c3ccccc3c(-c3ccccc3)c3ccccc23)cc1.Cc1ccc2cc(-c3ccc(-c4ccccc4)s3)ccc2c1.Cc1ccc2cc(-c3ccc4ccccc4c3)ccc2c1. The van der Waals surface area contributed by atoms with Gasteiger partial charge in [0.25, 0.3) is 0 Å². The van der Waals surface area contributed by atoms with Crippen molar-refractivity contribution in [3.8, 4) is 76.5 Å². The Bertz CT molecular complexity index is 6100. The normalized spacial score (nSPS) is 11.2. The van der Waals surface area contributed by atoms with E-state index in [4.69, 9.17) is 0 Å². The second-order valence-electron chi connectivity index (χ2n) is 26.5. The summed E-state index contributed by atoms with van der Waals surface area (Å²) in [5.41, 5.74) is 20.7. The van der Waals surface area contributed by atoms with Crippen molar-refractivity contribution in [1.29, 1.82) is 0 Å². The Hall–Kier alpha value is -12.3. The van der Waals surface area contributed by atoms with Gasteiger partial charge in [-0.2, -0.15) is 0 Å². The van der Waals surface area contributed by atoms with E-state index in [1.54, 1.807) is 0 Å². The van der Waals surface area contributed by atoms with E-state index >= 15 is 0 Å². The molecular weight excluding hydrogens is 1230 g/mol. The van der Waals surface area contributed by atoms with Crippen molar-refractivity contribution < 1.29 is 0 Å². The summed E-state index contributed by atoms with van der Waals surface area (Å²) >= 11 is 1.85. The fourth-order valence-corrected chi connectivity index (χ4v) is 15.7. The molecule has 0 unspecified atom stereocenters. The zero-order valence-electron chi connectivity index (χ0n) is 57.2. The van der Waals surface area contributed by atoms with E-state index < -0.39 is 0 Å². The molecule has 0 aliphatic carbocycles. The molecule has 480 valence electrons. The maximum atomic E-state index is 2.29. The van der Waals surface area contributed by atoms with Gasteiger partial charge >= 0.3 is 0 Å². The Morgan fingerprint density at radius 3 is 0.911 bits per heavy atom. The van der Waals surface area contributed by atoms with Crippen LogP contribution in [0.4, 0.5) is 0 Å². The Balaban J connectivity index is 0.000000106. The lowest BCUT2D eigenvalue weighted by Gasteiger charge is -2.18. The summed E-state index contributed by atoms with van der Waals surface area (Å²) in [6, 6.07) is 136. The van der Waals surface area contributed by atoms with Crippen LogP contribution < -0.4 is 0 Å². The second kappa shape index (κ2) is 28.3. The quantitative estimate of drug-likeness (QED) is 0.140. The Labute approximate surface area is 596 Å². The summed E-state index contributed by atoms with van der Waals surface area (Å²) in [4.78, 5) is 2.64. The van der Waals surface area contributed by atoms with Gasteiger partial charge in [0.2, 0.25) is 0 Å². The molecule has 0 N–H and O–H groups in total. The highest BCUT2D eigenvalue weighted by Gasteiger charge is 2.19. The molecule has 0 nitrogen and oxygen atoms in total. The summed E-state index contributed by atoms with van der Waals surface area (Å²) in [5.74, 6) is 0. The van der Waals surface area contributed by atoms with Gasteiger partial charge in [-0.1, -0.05) is 368 Å². The van der Waals surface area contributed by atoms with Gasteiger partial charge in [0.1, 0.15) is 0 Å². The average molecular weight is 1310 g/mol. The van der Waals surface area contributed by atoms with Gasteiger partial charge < -0.3 is 0 Å². The number of hydrogen-bond acceptors (Lipinski definition) is 1. The number of hydrogen-bond donors (Lipinski definition) is 0. The number of benzene rings is 18. The van der Waals surface area contributed by atoms with Crippen LogP contribution in [-0.4, -0.2) is 0 Å². The van der Waals surface area contributed by atoms with Crippen molar-refractivity contribution >= 4 is 97.5 Å². The van der Waals surface area contributed by atoms with Gasteiger partial charge in [-0.05, 0) is 211 Å². The lowest BCUT2D eigenvalue weighted by Crippen LogP contribution is -1.91. The molecule has 0 amide bonds. The van der Waals surface area contributed by atoms with E-state index in [1.807, 2.05) is 11.3 Å². The van der Waals surface area contributed by atoms with E-state index in [9.17, 15) is 0 Å². The zero-order valence-corrected chi connectivity index (χ0v) is 58.0. The van der Waals surface area contributed by atoms with Crippen molar-refractivity contribution in [3.05, 3.63) is 398 Å². The summed E-state index contributed by atoms with van der Waals surface area (Å²) in [7, 11) is 0. The molecule has 0 saturated carbocycles. The van der Waals surface area contributed by atoms with Crippen molar-refractivity contribution in [2.24, 2.45) is 0 Å². The van der Waals surface area contributed by atoms with Crippen molar-refractivity contribution in [3.63, 3.8) is 0 Å². The minimum absolute atomic E-state index is 1.26. The van der Waals surface area contributed by atoms with Gasteiger partial charge in [0.05, 0.1) is 0 Å².